The van der Waals surface area contributed by atoms with Gasteiger partial charge in [0, 0.05) is 16.7 Å². The second-order valence-corrected chi connectivity index (χ2v) is 14.7. The molecule has 0 spiro atoms. The van der Waals surface area contributed by atoms with Crippen molar-refractivity contribution in [3.63, 3.8) is 0 Å². The average Bonchev–Trinajstić information content (AvgIpc) is 3.35. The second kappa shape index (κ2) is 16.5. The Bertz CT molecular complexity index is 3040. The number of hydrogen-bond donors (Lipinski definition) is 0. The van der Waals surface area contributed by atoms with E-state index in [1.807, 2.05) is 24.3 Å². The fourth-order valence-corrected chi connectivity index (χ4v) is 8.24. The van der Waals surface area contributed by atoms with Gasteiger partial charge in [0.05, 0.1) is 0 Å². The Balaban J connectivity index is 1.31. The maximum absolute atomic E-state index is 5.38. The highest BCUT2D eigenvalue weighted by Crippen LogP contribution is 2.51. The van der Waals surface area contributed by atoms with Gasteiger partial charge in [-0.05, 0) is 72.8 Å². The molecule has 0 aliphatic rings. The van der Waals surface area contributed by atoms with E-state index < -0.39 is 0 Å². The van der Waals surface area contributed by atoms with Gasteiger partial charge in [0.15, 0.2) is 17.5 Å². The van der Waals surface area contributed by atoms with Crippen LogP contribution >= 0.6 is 0 Å². The van der Waals surface area contributed by atoms with Crippen LogP contribution in [0.5, 0.6) is 0 Å². The van der Waals surface area contributed by atoms with Crippen LogP contribution in [-0.2, 0) is 0 Å². The van der Waals surface area contributed by atoms with Gasteiger partial charge in [0.25, 0.3) is 0 Å². The minimum atomic E-state index is 0.603. The molecular weight excluding hydrogens is 727 g/mol. The Labute approximate surface area is 351 Å². The highest BCUT2D eigenvalue weighted by molar-refractivity contribution is 6.08. The summed E-state index contributed by atoms with van der Waals surface area (Å²) in [5.74, 6) is 1.84. The van der Waals surface area contributed by atoms with E-state index in [0.29, 0.717) is 17.5 Å². The van der Waals surface area contributed by atoms with Crippen LogP contribution < -0.4 is 0 Å². The summed E-state index contributed by atoms with van der Waals surface area (Å²) in [7, 11) is 0. The quantitative estimate of drug-likeness (QED) is 0.147. The molecule has 0 saturated carbocycles. The van der Waals surface area contributed by atoms with Crippen LogP contribution in [0.4, 0.5) is 0 Å². The third-order valence-electron chi connectivity index (χ3n) is 11.0. The van der Waals surface area contributed by atoms with E-state index in [-0.39, 0.29) is 0 Å². The molecule has 0 aliphatic heterocycles. The molecule has 0 aliphatic carbocycles. The largest absolute Gasteiger partial charge is 0.208 e. The molecule has 0 fully saturated rings. The molecule has 3 heteroatoms. The number of nitrogens with zero attached hydrogens (tertiary/aromatic N) is 3. The van der Waals surface area contributed by atoms with E-state index >= 15 is 0 Å². The molecule has 0 unspecified atom stereocenters. The SMILES string of the molecule is c1ccc(-c2nc(-c3ccccc3-c3ccccc3)nc(-c3ccccc3-c3cc(-c4ccccc4)c(-c4ccccc4)c(-c4ccccc4)c3-c3ccccc3)n2)cc1. The summed E-state index contributed by atoms with van der Waals surface area (Å²) in [6.45, 7) is 0. The molecule has 282 valence electrons. The normalized spacial score (nSPS) is 11.0. The molecule has 3 nitrogen and oxygen atoms in total. The highest BCUT2D eigenvalue weighted by atomic mass is 15.0. The molecule has 0 N–H and O–H groups in total. The van der Waals surface area contributed by atoms with Crippen LogP contribution in [0.15, 0.2) is 237 Å². The van der Waals surface area contributed by atoms with E-state index in [2.05, 4.69) is 212 Å². The Hall–Kier alpha value is -8.01. The minimum absolute atomic E-state index is 0.603. The fraction of sp³-hybridized carbons (Fsp3) is 0. The first kappa shape index (κ1) is 36.3. The van der Waals surface area contributed by atoms with Crippen molar-refractivity contribution >= 4 is 0 Å². The van der Waals surface area contributed by atoms with E-state index in [1.165, 1.54) is 5.56 Å². The van der Waals surface area contributed by atoms with Crippen molar-refractivity contribution in [2.75, 3.05) is 0 Å². The second-order valence-electron chi connectivity index (χ2n) is 14.7. The Morgan fingerprint density at radius 2 is 0.483 bits per heavy atom. The van der Waals surface area contributed by atoms with Crippen molar-refractivity contribution < 1.29 is 0 Å². The zero-order valence-electron chi connectivity index (χ0n) is 32.9. The first-order valence-electron chi connectivity index (χ1n) is 20.3. The predicted octanol–water partition coefficient (Wildman–Crippen LogP) is 14.9. The molecule has 0 amide bonds. The summed E-state index contributed by atoms with van der Waals surface area (Å²) in [5.41, 5.74) is 16.2. The molecule has 0 bridgehead atoms. The molecular formula is C57H39N3. The summed E-state index contributed by atoms with van der Waals surface area (Å²) < 4.78 is 0. The van der Waals surface area contributed by atoms with Gasteiger partial charge in [0.1, 0.15) is 0 Å². The third kappa shape index (κ3) is 7.10. The zero-order valence-corrected chi connectivity index (χ0v) is 32.9. The topological polar surface area (TPSA) is 38.7 Å². The Morgan fingerprint density at radius 1 is 0.183 bits per heavy atom. The van der Waals surface area contributed by atoms with Crippen molar-refractivity contribution in [2.24, 2.45) is 0 Å². The smallest absolute Gasteiger partial charge is 0.164 e. The summed E-state index contributed by atoms with van der Waals surface area (Å²) in [5, 5.41) is 0. The lowest BCUT2D eigenvalue weighted by Gasteiger charge is -2.25. The van der Waals surface area contributed by atoms with E-state index in [4.69, 9.17) is 15.0 Å². The lowest BCUT2D eigenvalue weighted by atomic mass is 9.78. The summed E-state index contributed by atoms with van der Waals surface area (Å²) >= 11 is 0. The van der Waals surface area contributed by atoms with Crippen molar-refractivity contribution in [3.05, 3.63) is 237 Å². The first-order valence-corrected chi connectivity index (χ1v) is 20.3. The monoisotopic (exact) mass is 765 g/mol. The fourth-order valence-electron chi connectivity index (χ4n) is 8.24. The first-order chi connectivity index (χ1) is 29.8. The molecule has 0 atom stereocenters. The molecule has 0 saturated heterocycles. The minimum Gasteiger partial charge on any atom is -0.208 e. The van der Waals surface area contributed by atoms with Crippen molar-refractivity contribution in [3.8, 4) is 101 Å². The van der Waals surface area contributed by atoms with Gasteiger partial charge in [-0.2, -0.15) is 0 Å². The molecule has 1 heterocycles. The van der Waals surface area contributed by atoms with Crippen molar-refractivity contribution in [1.29, 1.82) is 0 Å². The van der Waals surface area contributed by atoms with Gasteiger partial charge in [-0.25, -0.2) is 15.0 Å². The highest BCUT2D eigenvalue weighted by Gasteiger charge is 2.26. The number of rotatable bonds is 9. The number of benzene rings is 9. The molecule has 10 rings (SSSR count). The van der Waals surface area contributed by atoms with Crippen LogP contribution in [-0.4, -0.2) is 15.0 Å². The van der Waals surface area contributed by atoms with Crippen molar-refractivity contribution in [2.45, 2.75) is 0 Å². The Kier molecular flexibility index (Phi) is 9.97. The summed E-state index contributed by atoms with van der Waals surface area (Å²) in [4.78, 5) is 15.9. The standard InChI is InChI=1S/C57H39N3/c1-7-23-40(24-8-1)46-35-19-21-37-48(46)56-58-55(45-33-17-6-18-34-45)59-57(60-56)49-38-22-20-36-47(49)51-39-50(41-25-9-2-10-26-41)52(42-27-11-3-12-28-42)54(44-31-15-5-16-32-44)53(51)43-29-13-4-14-30-43/h1-39H. The summed E-state index contributed by atoms with van der Waals surface area (Å²) in [6, 6.07) is 83.1. The van der Waals surface area contributed by atoms with Gasteiger partial charge in [-0.1, -0.05) is 231 Å². The lowest BCUT2D eigenvalue weighted by molar-refractivity contribution is 1.07. The lowest BCUT2D eigenvalue weighted by Crippen LogP contribution is -2.03. The van der Waals surface area contributed by atoms with Gasteiger partial charge in [-0.15, -0.1) is 0 Å². The average molecular weight is 766 g/mol. The summed E-state index contributed by atoms with van der Waals surface area (Å²) in [6.07, 6.45) is 0. The predicted molar refractivity (Wildman–Crippen MR) is 249 cm³/mol. The van der Waals surface area contributed by atoms with Crippen LogP contribution in [0.1, 0.15) is 0 Å². The molecule has 9 aromatic carbocycles. The maximum atomic E-state index is 5.38. The molecule has 10 aromatic rings. The van der Waals surface area contributed by atoms with E-state index in [9.17, 15) is 0 Å². The van der Waals surface area contributed by atoms with E-state index in [1.54, 1.807) is 0 Å². The van der Waals surface area contributed by atoms with Gasteiger partial charge < -0.3 is 0 Å². The number of aromatic nitrogens is 3. The van der Waals surface area contributed by atoms with Gasteiger partial charge in [0.2, 0.25) is 0 Å². The van der Waals surface area contributed by atoms with Crippen molar-refractivity contribution in [1.82, 2.24) is 15.0 Å². The Morgan fingerprint density at radius 3 is 0.950 bits per heavy atom. The van der Waals surface area contributed by atoms with E-state index in [0.717, 1.165) is 77.9 Å². The van der Waals surface area contributed by atoms with Gasteiger partial charge in [-0.3, -0.25) is 0 Å². The van der Waals surface area contributed by atoms with Crippen LogP contribution in [0.3, 0.4) is 0 Å². The van der Waals surface area contributed by atoms with Crippen LogP contribution in [0, 0.1) is 0 Å². The molecule has 1 aromatic heterocycles. The van der Waals surface area contributed by atoms with Crippen LogP contribution in [0.2, 0.25) is 0 Å². The van der Waals surface area contributed by atoms with Crippen LogP contribution in [0.25, 0.3) is 101 Å². The van der Waals surface area contributed by atoms with Gasteiger partial charge >= 0.3 is 0 Å². The third-order valence-corrected chi connectivity index (χ3v) is 11.0. The molecule has 0 radical (unpaired) electrons. The maximum Gasteiger partial charge on any atom is 0.164 e. The number of hydrogen-bond acceptors (Lipinski definition) is 3. The molecule has 60 heavy (non-hydrogen) atoms. The zero-order chi connectivity index (χ0) is 40.1.